The average Bonchev–Trinajstić information content (AvgIpc) is 3.27. The lowest BCUT2D eigenvalue weighted by atomic mass is 10.0. The second kappa shape index (κ2) is 11.9. The van der Waals surface area contributed by atoms with Crippen molar-refractivity contribution in [3.63, 3.8) is 0 Å². The number of thiol groups is 1. The van der Waals surface area contributed by atoms with Gasteiger partial charge in [0.2, 0.25) is 0 Å². The number of imidazole rings is 1. The molecule has 2 aromatic heterocycles. The number of H-pyrrole nitrogens is 1. The molecular formula is C20H30F2N8S. The molecular weight excluding hydrogens is 422 g/mol. The number of likely N-dealkylation sites (N-methyl/N-ethyl adjacent to an activating group) is 1. The van der Waals surface area contributed by atoms with E-state index in [0.29, 0.717) is 23.8 Å². The minimum Gasteiger partial charge on any atom is -0.351 e. The van der Waals surface area contributed by atoms with E-state index < -0.39 is 12.1 Å². The van der Waals surface area contributed by atoms with Crippen LogP contribution in [0.4, 0.5) is 14.6 Å². The van der Waals surface area contributed by atoms with Gasteiger partial charge < -0.3 is 15.6 Å². The molecule has 0 amide bonds. The molecule has 2 unspecified atom stereocenters. The molecule has 4 N–H and O–H groups in total. The average molecular weight is 453 g/mol. The van der Waals surface area contributed by atoms with E-state index in [-0.39, 0.29) is 12.1 Å². The minimum atomic E-state index is -2.81. The first-order valence-corrected chi connectivity index (χ1v) is 10.9. The zero-order valence-corrected chi connectivity index (χ0v) is 18.9. The predicted octanol–water partition coefficient (Wildman–Crippen LogP) is 2.57. The lowest BCUT2D eigenvalue weighted by Gasteiger charge is -2.46. The smallest absolute Gasteiger partial charge is 0.279 e. The maximum absolute atomic E-state index is 12.4. The highest BCUT2D eigenvalue weighted by Crippen LogP contribution is 2.25. The highest BCUT2D eigenvalue weighted by molar-refractivity contribution is 7.79. The van der Waals surface area contributed by atoms with Crippen molar-refractivity contribution < 1.29 is 8.78 Å². The van der Waals surface area contributed by atoms with Crippen LogP contribution in [-0.2, 0) is 0 Å². The summed E-state index contributed by atoms with van der Waals surface area (Å²) in [6.07, 6.45) is 4.35. The van der Waals surface area contributed by atoms with E-state index >= 15 is 0 Å². The normalized spacial score (nSPS) is 19.5. The fraction of sp³-hybridized carbons (Fsp3) is 0.500. The van der Waals surface area contributed by atoms with Gasteiger partial charge in [0, 0.05) is 37.8 Å². The van der Waals surface area contributed by atoms with Crippen molar-refractivity contribution in [2.75, 3.05) is 37.3 Å². The largest absolute Gasteiger partial charge is 0.351 e. The Kier molecular flexibility index (Phi) is 9.53. The molecule has 1 fully saturated rings. The monoisotopic (exact) mass is 452 g/mol. The number of allylic oxidation sites excluding steroid dienone is 1. The van der Waals surface area contributed by atoms with Crippen LogP contribution in [0.2, 0.25) is 0 Å². The number of anilines is 1. The van der Waals surface area contributed by atoms with E-state index in [4.69, 9.17) is 11.1 Å². The Morgan fingerprint density at radius 1 is 1.35 bits per heavy atom. The van der Waals surface area contributed by atoms with Gasteiger partial charge in [0.1, 0.15) is 18.0 Å². The van der Waals surface area contributed by atoms with Crippen LogP contribution in [0, 0.1) is 5.41 Å². The van der Waals surface area contributed by atoms with E-state index in [1.807, 2.05) is 6.07 Å². The van der Waals surface area contributed by atoms with Gasteiger partial charge in [0.25, 0.3) is 6.43 Å². The molecule has 3 heterocycles. The number of hydrogen-bond acceptors (Lipinski definition) is 8. The molecule has 0 radical (unpaired) electrons. The molecule has 0 aromatic carbocycles. The third-order valence-corrected chi connectivity index (χ3v) is 5.27. The van der Waals surface area contributed by atoms with Crippen LogP contribution >= 0.6 is 12.6 Å². The summed E-state index contributed by atoms with van der Waals surface area (Å²) >= 11 is 3.53. The highest BCUT2D eigenvalue weighted by atomic mass is 32.1. The van der Waals surface area contributed by atoms with Crippen LogP contribution in [0.1, 0.15) is 19.7 Å². The Hall–Kier alpha value is -2.37. The third-order valence-electron chi connectivity index (χ3n) is 5.27. The fourth-order valence-corrected chi connectivity index (χ4v) is 3.62. The Morgan fingerprint density at radius 3 is 2.74 bits per heavy atom. The highest BCUT2D eigenvalue weighted by Gasteiger charge is 2.32. The number of nitrogens with one attached hydrogen (secondary N) is 2. The van der Waals surface area contributed by atoms with Crippen molar-refractivity contribution in [3.8, 4) is 11.4 Å². The molecule has 3 rings (SSSR count). The van der Waals surface area contributed by atoms with Gasteiger partial charge in [-0.25, -0.2) is 23.7 Å². The number of halogens is 2. The molecule has 0 saturated carbocycles. The van der Waals surface area contributed by atoms with Gasteiger partial charge in [0.05, 0.1) is 23.3 Å². The number of aromatic nitrogens is 4. The van der Waals surface area contributed by atoms with Crippen molar-refractivity contribution in [3.05, 3.63) is 30.5 Å². The Labute approximate surface area is 186 Å². The number of hydrogen-bond donors (Lipinski definition) is 4. The number of nitrogens with zero attached hydrogens (tertiary/aromatic N) is 5. The summed E-state index contributed by atoms with van der Waals surface area (Å²) in [6, 6.07) is 2.34. The lowest BCUT2D eigenvalue weighted by molar-refractivity contribution is 0.157. The van der Waals surface area contributed by atoms with Crippen molar-refractivity contribution in [2.45, 2.75) is 32.4 Å². The standard InChI is InChI=1S/C19H26F2N8.CH4S/c1-3-28-6-7-29(12(2)16(28)9-22)18-8-14(25-11-26-18)15-10-24-17(27-15)5-4-13(23)19(20)21;1-2/h4-5,8,10-12,16,19,23H,3,6-7,9,22H2,1-2H3,(H,24,27);2H,1H3/b5-4-,23-13?;. The summed E-state index contributed by atoms with van der Waals surface area (Å²) in [4.78, 5) is 20.5. The number of aromatic amines is 1. The Morgan fingerprint density at radius 2 is 2.10 bits per heavy atom. The molecule has 2 aromatic rings. The molecule has 0 aliphatic carbocycles. The molecule has 0 bridgehead atoms. The first-order chi connectivity index (χ1) is 14.9. The maximum Gasteiger partial charge on any atom is 0.279 e. The van der Waals surface area contributed by atoms with E-state index in [2.05, 4.69) is 56.2 Å². The van der Waals surface area contributed by atoms with Gasteiger partial charge in [-0.3, -0.25) is 10.3 Å². The van der Waals surface area contributed by atoms with Gasteiger partial charge in [-0.15, -0.1) is 0 Å². The third kappa shape index (κ3) is 6.08. The van der Waals surface area contributed by atoms with Crippen LogP contribution in [0.15, 0.2) is 24.7 Å². The Bertz CT molecular complexity index is 872. The fourth-order valence-electron chi connectivity index (χ4n) is 3.62. The molecule has 0 spiro atoms. The van der Waals surface area contributed by atoms with Crippen LogP contribution < -0.4 is 10.6 Å². The number of alkyl halides is 2. The van der Waals surface area contributed by atoms with Gasteiger partial charge in [-0.05, 0) is 31.9 Å². The predicted molar refractivity (Wildman–Crippen MR) is 124 cm³/mol. The van der Waals surface area contributed by atoms with E-state index in [0.717, 1.165) is 31.5 Å². The summed E-state index contributed by atoms with van der Waals surface area (Å²) in [6.45, 7) is 7.58. The van der Waals surface area contributed by atoms with Gasteiger partial charge in [0.15, 0.2) is 0 Å². The molecule has 1 aliphatic heterocycles. The first kappa shape index (κ1) is 24.9. The van der Waals surface area contributed by atoms with Gasteiger partial charge >= 0.3 is 0 Å². The van der Waals surface area contributed by atoms with Crippen molar-refractivity contribution in [2.24, 2.45) is 5.73 Å². The van der Waals surface area contributed by atoms with Crippen molar-refractivity contribution in [1.29, 1.82) is 5.41 Å². The van der Waals surface area contributed by atoms with Crippen LogP contribution in [0.3, 0.4) is 0 Å². The summed E-state index contributed by atoms with van der Waals surface area (Å²) in [5, 5.41) is 7.17. The van der Waals surface area contributed by atoms with Crippen LogP contribution in [0.25, 0.3) is 17.5 Å². The van der Waals surface area contributed by atoms with Crippen LogP contribution in [-0.4, -0.2) is 81.5 Å². The van der Waals surface area contributed by atoms with E-state index in [1.165, 1.54) is 12.4 Å². The molecule has 1 aliphatic rings. The molecule has 2 atom stereocenters. The molecule has 31 heavy (non-hydrogen) atoms. The van der Waals surface area contributed by atoms with Crippen molar-refractivity contribution in [1.82, 2.24) is 24.8 Å². The minimum absolute atomic E-state index is 0.206. The second-order valence-corrected chi connectivity index (χ2v) is 6.90. The van der Waals surface area contributed by atoms with E-state index in [9.17, 15) is 8.78 Å². The molecule has 11 heteroatoms. The molecule has 1 saturated heterocycles. The summed E-state index contributed by atoms with van der Waals surface area (Å²) in [5.41, 5.74) is 6.55. The zero-order valence-electron chi connectivity index (χ0n) is 18.0. The summed E-state index contributed by atoms with van der Waals surface area (Å²) in [5.74, 6) is 1.18. The maximum atomic E-state index is 12.4. The number of nitrogens with two attached hydrogens (primary N) is 1. The van der Waals surface area contributed by atoms with Gasteiger partial charge in [-0.2, -0.15) is 12.6 Å². The number of piperazine rings is 1. The summed E-state index contributed by atoms with van der Waals surface area (Å²) < 4.78 is 24.8. The SMILES string of the molecule is CCN1CCN(c2cc(-c3cnc(/C=C\C(=N)C(F)F)[nH]3)ncn2)C(C)C1CN.CS. The summed E-state index contributed by atoms with van der Waals surface area (Å²) in [7, 11) is 0. The van der Waals surface area contributed by atoms with Crippen LogP contribution in [0.5, 0.6) is 0 Å². The Balaban J connectivity index is 0.00000166. The molecule has 170 valence electrons. The van der Waals surface area contributed by atoms with E-state index in [1.54, 1.807) is 12.5 Å². The number of rotatable bonds is 7. The topological polar surface area (TPSA) is 111 Å². The second-order valence-electron chi connectivity index (χ2n) is 6.90. The zero-order chi connectivity index (χ0) is 23.0. The quantitative estimate of drug-likeness (QED) is 0.380. The van der Waals surface area contributed by atoms with Crippen molar-refractivity contribution >= 4 is 30.2 Å². The van der Waals surface area contributed by atoms with Gasteiger partial charge in [-0.1, -0.05) is 6.92 Å². The molecule has 8 nitrogen and oxygen atoms in total. The lowest BCUT2D eigenvalue weighted by Crippen LogP contribution is -2.61. The first-order valence-electron chi connectivity index (χ1n) is 10.0.